The summed E-state index contributed by atoms with van der Waals surface area (Å²) < 4.78 is 5.97. The van der Waals surface area contributed by atoms with Gasteiger partial charge in [-0.15, -0.1) is 0 Å². The number of benzene rings is 2. The van der Waals surface area contributed by atoms with Crippen LogP contribution in [0.5, 0.6) is 0 Å². The average Bonchev–Trinajstić information content (AvgIpc) is 2.73. The maximum atomic E-state index is 11.9. The first kappa shape index (κ1) is 23.4. The van der Waals surface area contributed by atoms with Gasteiger partial charge in [-0.3, -0.25) is 4.90 Å². The van der Waals surface area contributed by atoms with E-state index < -0.39 is 5.97 Å². The van der Waals surface area contributed by atoms with Gasteiger partial charge in [-0.1, -0.05) is 87.2 Å². The Labute approximate surface area is 180 Å². The topological polar surface area (TPSA) is 49.8 Å². The Morgan fingerprint density at radius 1 is 1.03 bits per heavy atom. The molecule has 1 atom stereocenters. The molecule has 0 saturated heterocycles. The minimum atomic E-state index is -0.956. The number of ether oxygens (including phenoxy) is 1. The predicted molar refractivity (Wildman–Crippen MR) is 122 cm³/mol. The Bertz CT molecular complexity index is 786. The first-order valence-corrected chi connectivity index (χ1v) is 10.4. The van der Waals surface area contributed by atoms with Crippen LogP contribution in [0.2, 0.25) is 0 Å². The molecule has 0 saturated carbocycles. The maximum absolute atomic E-state index is 11.9. The first-order chi connectivity index (χ1) is 14.4. The van der Waals surface area contributed by atoms with E-state index in [0.29, 0.717) is 24.8 Å². The second-order valence-corrected chi connectivity index (χ2v) is 7.92. The van der Waals surface area contributed by atoms with Gasteiger partial charge in [0, 0.05) is 13.1 Å². The van der Waals surface area contributed by atoms with E-state index in [1.54, 1.807) is 13.0 Å². The van der Waals surface area contributed by atoms with Crippen LogP contribution >= 0.6 is 0 Å². The lowest BCUT2D eigenvalue weighted by molar-refractivity contribution is -0.133. The summed E-state index contributed by atoms with van der Waals surface area (Å²) in [5.41, 5.74) is 2.60. The number of carbonyl (C=O) groups is 1. The SMILES string of the molecule is C=CCO/C(=C(/C)C(=O)O)C(CC(C)C)N(Cc1ccccc1)Cc1ccccc1. The molecule has 2 aromatic carbocycles. The number of aliphatic carboxylic acids is 1. The van der Waals surface area contributed by atoms with E-state index >= 15 is 0 Å². The smallest absolute Gasteiger partial charge is 0.334 e. The molecule has 2 rings (SSSR count). The fraction of sp³-hybridized carbons (Fsp3) is 0.346. The lowest BCUT2D eigenvalue weighted by Gasteiger charge is -2.35. The Hall–Kier alpha value is -2.85. The van der Waals surface area contributed by atoms with Crippen LogP contribution in [0.1, 0.15) is 38.3 Å². The monoisotopic (exact) mass is 407 g/mol. The van der Waals surface area contributed by atoms with E-state index in [-0.39, 0.29) is 18.2 Å². The summed E-state index contributed by atoms with van der Waals surface area (Å²) in [7, 11) is 0. The molecule has 0 aromatic heterocycles. The summed E-state index contributed by atoms with van der Waals surface area (Å²) in [5.74, 6) is -0.0712. The van der Waals surface area contributed by atoms with Crippen LogP contribution in [0, 0.1) is 5.92 Å². The molecular weight excluding hydrogens is 374 g/mol. The number of carboxylic acids is 1. The molecule has 0 aliphatic heterocycles. The van der Waals surface area contributed by atoms with Crippen molar-refractivity contribution < 1.29 is 14.6 Å². The number of hydrogen-bond acceptors (Lipinski definition) is 3. The zero-order chi connectivity index (χ0) is 21.9. The van der Waals surface area contributed by atoms with Gasteiger partial charge < -0.3 is 9.84 Å². The van der Waals surface area contributed by atoms with Crippen LogP contribution in [0.15, 0.2) is 84.7 Å². The van der Waals surface area contributed by atoms with Crippen molar-refractivity contribution in [2.24, 2.45) is 5.92 Å². The number of carboxylic acid groups (broad SMARTS) is 1. The van der Waals surface area contributed by atoms with Gasteiger partial charge in [-0.2, -0.15) is 0 Å². The summed E-state index contributed by atoms with van der Waals surface area (Å²) in [5, 5.41) is 9.71. The lowest BCUT2D eigenvalue weighted by atomic mass is 9.96. The zero-order valence-electron chi connectivity index (χ0n) is 18.3. The van der Waals surface area contributed by atoms with Gasteiger partial charge >= 0.3 is 5.97 Å². The van der Waals surface area contributed by atoms with Gasteiger partial charge in [0.25, 0.3) is 0 Å². The predicted octanol–water partition coefficient (Wildman–Crippen LogP) is 5.66. The van der Waals surface area contributed by atoms with Crippen LogP contribution in [-0.4, -0.2) is 28.6 Å². The molecule has 4 heteroatoms. The summed E-state index contributed by atoms with van der Waals surface area (Å²) in [6, 6.07) is 20.4. The average molecular weight is 408 g/mol. The van der Waals surface area contributed by atoms with Crippen molar-refractivity contribution in [1.82, 2.24) is 4.90 Å². The van der Waals surface area contributed by atoms with Crippen molar-refractivity contribution in [2.45, 2.75) is 46.3 Å². The van der Waals surface area contributed by atoms with E-state index in [0.717, 1.165) is 6.42 Å². The third-order valence-electron chi connectivity index (χ3n) is 4.94. The Morgan fingerprint density at radius 2 is 1.53 bits per heavy atom. The normalized spacial score (nSPS) is 13.1. The molecular formula is C26H33NO3. The van der Waals surface area contributed by atoms with Crippen LogP contribution in [-0.2, 0) is 22.6 Å². The maximum Gasteiger partial charge on any atom is 0.334 e. The van der Waals surface area contributed by atoms with Gasteiger partial charge in [-0.05, 0) is 30.4 Å². The molecule has 0 fully saturated rings. The van der Waals surface area contributed by atoms with Crippen molar-refractivity contribution in [3.8, 4) is 0 Å². The second-order valence-electron chi connectivity index (χ2n) is 7.92. The number of hydrogen-bond donors (Lipinski definition) is 1. The van der Waals surface area contributed by atoms with Crippen molar-refractivity contribution in [2.75, 3.05) is 6.61 Å². The molecule has 30 heavy (non-hydrogen) atoms. The zero-order valence-corrected chi connectivity index (χ0v) is 18.3. The molecule has 0 amide bonds. The van der Waals surface area contributed by atoms with E-state index in [9.17, 15) is 9.90 Å². The highest BCUT2D eigenvalue weighted by molar-refractivity contribution is 5.86. The second kappa shape index (κ2) is 12.0. The van der Waals surface area contributed by atoms with E-state index in [1.165, 1.54) is 11.1 Å². The fourth-order valence-corrected chi connectivity index (χ4v) is 3.49. The minimum absolute atomic E-state index is 0.165. The summed E-state index contributed by atoms with van der Waals surface area (Å²) in [4.78, 5) is 14.2. The standard InChI is InChI=1S/C26H33NO3/c1-5-16-30-25(21(4)26(28)29)24(17-20(2)3)27(18-22-12-8-6-9-13-22)19-23-14-10-7-11-15-23/h5-15,20,24H,1,16-19H2,2-4H3,(H,28,29)/b25-21-. The first-order valence-electron chi connectivity index (χ1n) is 10.4. The van der Waals surface area contributed by atoms with E-state index in [4.69, 9.17) is 4.74 Å². The highest BCUT2D eigenvalue weighted by Crippen LogP contribution is 2.27. The summed E-state index contributed by atoms with van der Waals surface area (Å²) in [6.45, 7) is 11.3. The van der Waals surface area contributed by atoms with Gasteiger partial charge in [0.1, 0.15) is 12.4 Å². The van der Waals surface area contributed by atoms with Crippen molar-refractivity contribution >= 4 is 5.97 Å². The summed E-state index contributed by atoms with van der Waals surface area (Å²) in [6.07, 6.45) is 2.44. The molecule has 1 unspecified atom stereocenters. The molecule has 0 bridgehead atoms. The molecule has 0 aliphatic rings. The lowest BCUT2D eigenvalue weighted by Crippen LogP contribution is -2.38. The molecule has 0 spiro atoms. The number of nitrogens with zero attached hydrogens (tertiary/aromatic N) is 1. The Morgan fingerprint density at radius 3 is 1.93 bits per heavy atom. The van der Waals surface area contributed by atoms with Crippen LogP contribution in [0.4, 0.5) is 0 Å². The fourth-order valence-electron chi connectivity index (χ4n) is 3.49. The summed E-state index contributed by atoms with van der Waals surface area (Å²) >= 11 is 0. The van der Waals surface area contributed by atoms with Gasteiger partial charge in [0.2, 0.25) is 0 Å². The molecule has 4 nitrogen and oxygen atoms in total. The van der Waals surface area contributed by atoms with E-state index in [1.807, 2.05) is 36.4 Å². The Kier molecular flexibility index (Phi) is 9.36. The van der Waals surface area contributed by atoms with Crippen molar-refractivity contribution in [1.29, 1.82) is 0 Å². The molecule has 0 heterocycles. The number of rotatable bonds is 12. The largest absolute Gasteiger partial charge is 0.492 e. The molecule has 0 aliphatic carbocycles. The highest BCUT2D eigenvalue weighted by atomic mass is 16.5. The quantitative estimate of drug-likeness (QED) is 0.280. The third-order valence-corrected chi connectivity index (χ3v) is 4.94. The van der Waals surface area contributed by atoms with Gasteiger partial charge in [0.05, 0.1) is 11.6 Å². The van der Waals surface area contributed by atoms with Gasteiger partial charge in [-0.25, -0.2) is 4.79 Å². The third kappa shape index (κ3) is 7.20. The molecule has 1 N–H and O–H groups in total. The highest BCUT2D eigenvalue weighted by Gasteiger charge is 2.28. The van der Waals surface area contributed by atoms with Crippen molar-refractivity contribution in [3.63, 3.8) is 0 Å². The Balaban J connectivity index is 2.50. The van der Waals surface area contributed by atoms with E-state index in [2.05, 4.69) is 49.6 Å². The van der Waals surface area contributed by atoms with Crippen LogP contribution < -0.4 is 0 Å². The van der Waals surface area contributed by atoms with Gasteiger partial charge in [0.15, 0.2) is 0 Å². The molecule has 0 radical (unpaired) electrons. The van der Waals surface area contributed by atoms with Crippen molar-refractivity contribution in [3.05, 3.63) is 95.8 Å². The van der Waals surface area contributed by atoms with Crippen LogP contribution in [0.25, 0.3) is 0 Å². The van der Waals surface area contributed by atoms with Crippen LogP contribution in [0.3, 0.4) is 0 Å². The molecule has 160 valence electrons. The molecule has 2 aromatic rings. The minimum Gasteiger partial charge on any atom is -0.492 e.